The number of benzene rings is 1. The molecule has 3 rings (SSSR count). The summed E-state index contributed by atoms with van der Waals surface area (Å²) in [7, 11) is 1.57. The molecule has 1 aromatic carbocycles. The van der Waals surface area contributed by atoms with E-state index in [1.54, 1.807) is 61.0 Å². The maximum absolute atomic E-state index is 12.9. The Morgan fingerprint density at radius 2 is 1.89 bits per heavy atom. The van der Waals surface area contributed by atoms with Gasteiger partial charge >= 0.3 is 5.97 Å². The van der Waals surface area contributed by atoms with E-state index in [0.717, 1.165) is 0 Å². The zero-order valence-corrected chi connectivity index (χ0v) is 15.5. The molecule has 1 N–H and O–H groups in total. The molecule has 0 aliphatic carbocycles. The van der Waals surface area contributed by atoms with Crippen LogP contribution in [0, 0.1) is 0 Å². The van der Waals surface area contributed by atoms with Crippen molar-refractivity contribution in [2.75, 3.05) is 19.0 Å². The standard InChI is InChI=1S/C20H21N3O4/c1-4-15-17(23-12-6-7-16(26-3)18(23)22-15)19(24)21-14-10-8-13(9-11-14)20(25)27-5-2/h6-12H,4-5H2,1-3H3,(H,21,24). The van der Waals surface area contributed by atoms with Crippen LogP contribution in [0.25, 0.3) is 5.65 Å². The second kappa shape index (κ2) is 7.90. The zero-order chi connectivity index (χ0) is 19.4. The predicted molar refractivity (Wildman–Crippen MR) is 101 cm³/mol. The molecule has 0 atom stereocenters. The molecule has 3 aromatic rings. The molecule has 0 aliphatic rings. The normalized spacial score (nSPS) is 10.6. The summed E-state index contributed by atoms with van der Waals surface area (Å²) in [5.74, 6) is -0.0703. The maximum atomic E-state index is 12.9. The Labute approximate surface area is 156 Å². The van der Waals surface area contributed by atoms with Crippen LogP contribution in [0.2, 0.25) is 0 Å². The number of amides is 1. The largest absolute Gasteiger partial charge is 0.493 e. The highest BCUT2D eigenvalue weighted by Gasteiger charge is 2.20. The summed E-state index contributed by atoms with van der Waals surface area (Å²) in [6.45, 7) is 4.01. The van der Waals surface area contributed by atoms with E-state index in [0.29, 0.717) is 47.1 Å². The molecule has 2 heterocycles. The van der Waals surface area contributed by atoms with Gasteiger partial charge < -0.3 is 14.8 Å². The van der Waals surface area contributed by atoms with Gasteiger partial charge in [0.15, 0.2) is 11.4 Å². The Balaban J connectivity index is 1.89. The lowest BCUT2D eigenvalue weighted by Crippen LogP contribution is -2.16. The van der Waals surface area contributed by atoms with E-state index in [-0.39, 0.29) is 5.91 Å². The Morgan fingerprint density at radius 3 is 2.52 bits per heavy atom. The van der Waals surface area contributed by atoms with E-state index in [1.807, 2.05) is 6.92 Å². The molecule has 0 aliphatic heterocycles. The van der Waals surface area contributed by atoms with Crippen LogP contribution in [0.15, 0.2) is 42.6 Å². The summed E-state index contributed by atoms with van der Waals surface area (Å²) in [6.07, 6.45) is 2.39. The van der Waals surface area contributed by atoms with Gasteiger partial charge in [-0.25, -0.2) is 9.78 Å². The number of methoxy groups -OCH3 is 1. The van der Waals surface area contributed by atoms with Gasteiger partial charge in [0.1, 0.15) is 5.69 Å². The molecule has 1 amide bonds. The van der Waals surface area contributed by atoms with Gasteiger partial charge in [-0.05, 0) is 49.7 Å². The Morgan fingerprint density at radius 1 is 1.15 bits per heavy atom. The number of carbonyl (C=O) groups excluding carboxylic acids is 2. The highest BCUT2D eigenvalue weighted by molar-refractivity contribution is 6.05. The van der Waals surface area contributed by atoms with Crippen molar-refractivity contribution in [1.82, 2.24) is 9.38 Å². The first-order valence-electron chi connectivity index (χ1n) is 8.71. The highest BCUT2D eigenvalue weighted by Crippen LogP contribution is 2.23. The van der Waals surface area contributed by atoms with Crippen molar-refractivity contribution < 1.29 is 19.1 Å². The number of esters is 1. The van der Waals surface area contributed by atoms with Gasteiger partial charge in [0.2, 0.25) is 0 Å². The van der Waals surface area contributed by atoms with Crippen LogP contribution in [0.1, 0.15) is 40.4 Å². The Bertz CT molecular complexity index is 977. The molecule has 0 fully saturated rings. The second-order valence-electron chi connectivity index (χ2n) is 5.78. The maximum Gasteiger partial charge on any atom is 0.338 e. The molecular formula is C20H21N3O4. The number of rotatable bonds is 6. The fraction of sp³-hybridized carbons (Fsp3) is 0.250. The number of nitrogens with zero attached hydrogens (tertiary/aromatic N) is 2. The van der Waals surface area contributed by atoms with Gasteiger partial charge in [0.25, 0.3) is 5.91 Å². The van der Waals surface area contributed by atoms with Gasteiger partial charge in [-0.3, -0.25) is 9.20 Å². The number of imidazole rings is 1. The minimum atomic E-state index is -0.391. The minimum absolute atomic E-state index is 0.281. The van der Waals surface area contributed by atoms with Crippen LogP contribution >= 0.6 is 0 Å². The van der Waals surface area contributed by atoms with E-state index in [4.69, 9.17) is 9.47 Å². The molecule has 0 saturated carbocycles. The quantitative estimate of drug-likeness (QED) is 0.676. The summed E-state index contributed by atoms with van der Waals surface area (Å²) in [4.78, 5) is 29.1. The van der Waals surface area contributed by atoms with Crippen LogP contribution in [0.4, 0.5) is 5.69 Å². The number of aromatic nitrogens is 2. The van der Waals surface area contributed by atoms with Crippen molar-refractivity contribution in [2.24, 2.45) is 0 Å². The highest BCUT2D eigenvalue weighted by atomic mass is 16.5. The molecule has 2 aromatic heterocycles. The van der Waals surface area contributed by atoms with Crippen molar-refractivity contribution >= 4 is 23.2 Å². The number of anilines is 1. The van der Waals surface area contributed by atoms with Gasteiger partial charge in [-0.1, -0.05) is 6.92 Å². The summed E-state index contributed by atoms with van der Waals surface area (Å²) in [5.41, 5.74) is 2.75. The van der Waals surface area contributed by atoms with Crippen LogP contribution < -0.4 is 10.1 Å². The number of nitrogens with one attached hydrogen (secondary N) is 1. The van der Waals surface area contributed by atoms with Crippen LogP contribution in [-0.2, 0) is 11.2 Å². The van der Waals surface area contributed by atoms with E-state index in [9.17, 15) is 9.59 Å². The molecular weight excluding hydrogens is 346 g/mol. The molecule has 7 nitrogen and oxygen atoms in total. The second-order valence-corrected chi connectivity index (χ2v) is 5.78. The predicted octanol–water partition coefficient (Wildman–Crippen LogP) is 3.33. The Kier molecular flexibility index (Phi) is 5.40. The molecule has 140 valence electrons. The van der Waals surface area contributed by atoms with Gasteiger partial charge in [-0.2, -0.15) is 0 Å². The Hall–Kier alpha value is -3.35. The molecule has 0 unspecified atom stereocenters. The van der Waals surface area contributed by atoms with Crippen molar-refractivity contribution in [3.05, 3.63) is 59.5 Å². The summed E-state index contributed by atoms with van der Waals surface area (Å²) in [5, 5.41) is 2.85. The average Bonchev–Trinajstić information content (AvgIpc) is 3.07. The first kappa shape index (κ1) is 18.4. The van der Waals surface area contributed by atoms with E-state index < -0.39 is 5.97 Å². The van der Waals surface area contributed by atoms with E-state index in [1.165, 1.54) is 0 Å². The fourth-order valence-corrected chi connectivity index (χ4v) is 2.83. The van der Waals surface area contributed by atoms with E-state index in [2.05, 4.69) is 10.3 Å². The van der Waals surface area contributed by atoms with Crippen molar-refractivity contribution in [3.63, 3.8) is 0 Å². The van der Waals surface area contributed by atoms with Gasteiger partial charge in [-0.15, -0.1) is 0 Å². The number of fused-ring (bicyclic) bond motifs is 1. The van der Waals surface area contributed by atoms with E-state index >= 15 is 0 Å². The zero-order valence-electron chi connectivity index (χ0n) is 15.5. The average molecular weight is 367 g/mol. The topological polar surface area (TPSA) is 81.9 Å². The third-order valence-electron chi connectivity index (χ3n) is 4.11. The number of carbonyl (C=O) groups is 2. The van der Waals surface area contributed by atoms with Crippen LogP contribution in [-0.4, -0.2) is 35.0 Å². The minimum Gasteiger partial charge on any atom is -0.493 e. The molecule has 27 heavy (non-hydrogen) atoms. The third kappa shape index (κ3) is 3.62. The monoisotopic (exact) mass is 367 g/mol. The summed E-state index contributed by atoms with van der Waals surface area (Å²) >= 11 is 0. The SMILES string of the molecule is CCOC(=O)c1ccc(NC(=O)c2c(CC)nc3c(OC)cccn23)cc1. The van der Waals surface area contributed by atoms with Crippen molar-refractivity contribution in [3.8, 4) is 5.75 Å². The number of pyridine rings is 1. The molecule has 0 radical (unpaired) electrons. The molecule has 0 saturated heterocycles. The molecule has 0 spiro atoms. The molecule has 0 bridgehead atoms. The lowest BCUT2D eigenvalue weighted by Gasteiger charge is -2.08. The number of hydrogen-bond donors (Lipinski definition) is 1. The van der Waals surface area contributed by atoms with Gasteiger partial charge in [0.05, 0.1) is 25.0 Å². The lowest BCUT2D eigenvalue weighted by molar-refractivity contribution is 0.0526. The number of hydrogen-bond acceptors (Lipinski definition) is 5. The van der Waals surface area contributed by atoms with Crippen LogP contribution in [0.3, 0.4) is 0 Å². The summed E-state index contributed by atoms with van der Waals surface area (Å²) < 4.78 is 12.0. The fourth-order valence-electron chi connectivity index (χ4n) is 2.83. The number of aryl methyl sites for hydroxylation is 1. The van der Waals surface area contributed by atoms with Gasteiger partial charge in [0, 0.05) is 11.9 Å². The van der Waals surface area contributed by atoms with Crippen molar-refractivity contribution in [1.29, 1.82) is 0 Å². The lowest BCUT2D eigenvalue weighted by atomic mass is 10.2. The first-order valence-corrected chi connectivity index (χ1v) is 8.71. The summed E-state index contributed by atoms with van der Waals surface area (Å²) in [6, 6.07) is 10.2. The number of ether oxygens (including phenoxy) is 2. The molecule has 7 heteroatoms. The van der Waals surface area contributed by atoms with Crippen molar-refractivity contribution in [2.45, 2.75) is 20.3 Å². The smallest absolute Gasteiger partial charge is 0.338 e. The third-order valence-corrected chi connectivity index (χ3v) is 4.11. The first-order chi connectivity index (χ1) is 13.1. The van der Waals surface area contributed by atoms with Crippen LogP contribution in [0.5, 0.6) is 5.75 Å².